The SMILES string of the molecule is CCc1nc(Cl)cc(NC2C=CS(=O)(=O)C2)n1. The van der Waals surface area contributed by atoms with Crippen LogP contribution in [0.4, 0.5) is 5.82 Å². The van der Waals surface area contributed by atoms with Gasteiger partial charge >= 0.3 is 0 Å². The molecule has 0 saturated carbocycles. The van der Waals surface area contributed by atoms with Gasteiger partial charge in [0, 0.05) is 17.9 Å². The molecule has 0 amide bonds. The number of sulfone groups is 1. The van der Waals surface area contributed by atoms with Crippen LogP contribution < -0.4 is 5.32 Å². The molecule has 1 unspecified atom stereocenters. The fourth-order valence-electron chi connectivity index (χ4n) is 1.55. The van der Waals surface area contributed by atoms with Crippen molar-refractivity contribution in [3.63, 3.8) is 0 Å². The lowest BCUT2D eigenvalue weighted by atomic mass is 10.3. The summed E-state index contributed by atoms with van der Waals surface area (Å²) in [6.07, 6.45) is 2.28. The van der Waals surface area contributed by atoms with E-state index >= 15 is 0 Å². The van der Waals surface area contributed by atoms with Crippen LogP contribution in [0.2, 0.25) is 5.15 Å². The van der Waals surface area contributed by atoms with Crippen molar-refractivity contribution < 1.29 is 8.42 Å². The predicted molar refractivity (Wildman–Crippen MR) is 66.8 cm³/mol. The lowest BCUT2D eigenvalue weighted by Crippen LogP contribution is -2.21. The third-order valence-corrected chi connectivity index (χ3v) is 3.91. The summed E-state index contributed by atoms with van der Waals surface area (Å²) < 4.78 is 22.5. The number of hydrogen-bond acceptors (Lipinski definition) is 5. The molecule has 1 aromatic rings. The molecule has 1 aliphatic rings. The average Bonchev–Trinajstić information content (AvgIpc) is 2.57. The second-order valence-electron chi connectivity index (χ2n) is 3.75. The van der Waals surface area contributed by atoms with Crippen molar-refractivity contribution in [2.75, 3.05) is 11.1 Å². The Balaban J connectivity index is 2.15. The molecule has 1 aliphatic heterocycles. The third-order valence-electron chi connectivity index (χ3n) is 2.32. The Labute approximate surface area is 105 Å². The summed E-state index contributed by atoms with van der Waals surface area (Å²) in [7, 11) is -3.06. The van der Waals surface area contributed by atoms with Gasteiger partial charge in [0.25, 0.3) is 0 Å². The minimum Gasteiger partial charge on any atom is -0.363 e. The standard InChI is InChI=1S/C10H12ClN3O2S/c1-2-9-13-8(11)5-10(14-9)12-7-3-4-17(15,16)6-7/h3-5,7H,2,6H2,1H3,(H,12,13,14). The Morgan fingerprint density at radius 2 is 2.29 bits per heavy atom. The molecular formula is C10H12ClN3O2S. The molecule has 0 saturated heterocycles. The molecule has 0 radical (unpaired) electrons. The van der Waals surface area contributed by atoms with E-state index in [0.29, 0.717) is 23.2 Å². The largest absolute Gasteiger partial charge is 0.363 e. The van der Waals surface area contributed by atoms with E-state index in [2.05, 4.69) is 15.3 Å². The quantitative estimate of drug-likeness (QED) is 0.843. The first-order valence-electron chi connectivity index (χ1n) is 5.19. The fraction of sp³-hybridized carbons (Fsp3) is 0.400. The molecule has 17 heavy (non-hydrogen) atoms. The second-order valence-corrected chi connectivity index (χ2v) is 6.07. The summed E-state index contributed by atoms with van der Waals surface area (Å²) in [4.78, 5) is 8.26. The van der Waals surface area contributed by atoms with Gasteiger partial charge in [-0.05, 0) is 6.08 Å². The Morgan fingerprint density at radius 3 is 2.88 bits per heavy atom. The first-order chi connectivity index (χ1) is 7.98. The van der Waals surface area contributed by atoms with Gasteiger partial charge in [0.2, 0.25) is 0 Å². The van der Waals surface area contributed by atoms with Gasteiger partial charge in [0.05, 0.1) is 11.8 Å². The summed E-state index contributed by atoms with van der Waals surface area (Å²) in [6.45, 7) is 1.93. The van der Waals surface area contributed by atoms with Crippen molar-refractivity contribution >= 4 is 27.3 Å². The summed E-state index contributed by atoms with van der Waals surface area (Å²) in [5.41, 5.74) is 0. The maximum absolute atomic E-state index is 11.2. The van der Waals surface area contributed by atoms with Crippen LogP contribution in [0.15, 0.2) is 17.6 Å². The first-order valence-corrected chi connectivity index (χ1v) is 7.29. The zero-order chi connectivity index (χ0) is 12.5. The number of anilines is 1. The van der Waals surface area contributed by atoms with E-state index in [1.165, 1.54) is 5.41 Å². The van der Waals surface area contributed by atoms with Gasteiger partial charge in [-0.15, -0.1) is 0 Å². The van der Waals surface area contributed by atoms with Gasteiger partial charge in [-0.3, -0.25) is 0 Å². The van der Waals surface area contributed by atoms with Crippen LogP contribution in [0, 0.1) is 0 Å². The van der Waals surface area contributed by atoms with Crippen molar-refractivity contribution in [2.24, 2.45) is 0 Å². The van der Waals surface area contributed by atoms with Crippen LogP contribution >= 0.6 is 11.6 Å². The van der Waals surface area contributed by atoms with E-state index in [0.717, 1.165) is 0 Å². The molecule has 5 nitrogen and oxygen atoms in total. The Bertz CT molecular complexity index is 557. The van der Waals surface area contributed by atoms with Crippen molar-refractivity contribution in [1.82, 2.24) is 9.97 Å². The van der Waals surface area contributed by atoms with Gasteiger partial charge in [-0.25, -0.2) is 18.4 Å². The first kappa shape index (κ1) is 12.3. The number of rotatable bonds is 3. The van der Waals surface area contributed by atoms with E-state index in [1.54, 1.807) is 12.1 Å². The lowest BCUT2D eigenvalue weighted by Gasteiger charge is -2.11. The highest BCUT2D eigenvalue weighted by Crippen LogP contribution is 2.16. The Kier molecular flexibility index (Phi) is 3.35. The van der Waals surface area contributed by atoms with Crippen LogP contribution in [-0.4, -0.2) is 30.2 Å². The van der Waals surface area contributed by atoms with Gasteiger partial charge in [0.1, 0.15) is 16.8 Å². The lowest BCUT2D eigenvalue weighted by molar-refractivity contribution is 0.605. The minimum absolute atomic E-state index is 0.0517. The fourth-order valence-corrected chi connectivity index (χ4v) is 2.99. The molecule has 1 atom stereocenters. The van der Waals surface area contributed by atoms with Crippen LogP contribution in [0.1, 0.15) is 12.7 Å². The molecule has 0 fully saturated rings. The number of nitrogens with zero attached hydrogens (tertiary/aromatic N) is 2. The highest BCUT2D eigenvalue weighted by Gasteiger charge is 2.21. The monoisotopic (exact) mass is 273 g/mol. The van der Waals surface area contributed by atoms with Crippen molar-refractivity contribution in [3.8, 4) is 0 Å². The zero-order valence-corrected chi connectivity index (χ0v) is 10.8. The highest BCUT2D eigenvalue weighted by atomic mass is 35.5. The van der Waals surface area contributed by atoms with Gasteiger partial charge in [-0.1, -0.05) is 18.5 Å². The summed E-state index contributed by atoms with van der Waals surface area (Å²) in [5.74, 6) is 1.23. The average molecular weight is 274 g/mol. The normalized spacial score (nSPS) is 21.6. The maximum Gasteiger partial charge on any atom is 0.173 e. The predicted octanol–water partition coefficient (Wildman–Crippen LogP) is 1.42. The van der Waals surface area contributed by atoms with E-state index < -0.39 is 9.84 Å². The van der Waals surface area contributed by atoms with E-state index in [4.69, 9.17) is 11.6 Å². The molecule has 0 aromatic carbocycles. The summed E-state index contributed by atoms with van der Waals surface area (Å²) in [5, 5.41) is 4.58. The van der Waals surface area contributed by atoms with Crippen molar-refractivity contribution in [3.05, 3.63) is 28.5 Å². The van der Waals surface area contributed by atoms with Gasteiger partial charge in [0.15, 0.2) is 9.84 Å². The van der Waals surface area contributed by atoms with E-state index in [1.807, 2.05) is 6.92 Å². The van der Waals surface area contributed by atoms with Crippen LogP contribution in [0.3, 0.4) is 0 Å². The van der Waals surface area contributed by atoms with E-state index in [-0.39, 0.29) is 11.8 Å². The maximum atomic E-state index is 11.2. The number of halogens is 1. The molecule has 7 heteroatoms. The topological polar surface area (TPSA) is 72.0 Å². The molecule has 0 bridgehead atoms. The molecule has 0 spiro atoms. The van der Waals surface area contributed by atoms with Crippen LogP contribution in [0.5, 0.6) is 0 Å². The smallest absolute Gasteiger partial charge is 0.173 e. The summed E-state index contributed by atoms with van der Waals surface area (Å²) >= 11 is 5.84. The molecular weight excluding hydrogens is 262 g/mol. The van der Waals surface area contributed by atoms with Crippen LogP contribution in [-0.2, 0) is 16.3 Å². The zero-order valence-electron chi connectivity index (χ0n) is 9.22. The number of aromatic nitrogens is 2. The van der Waals surface area contributed by atoms with Crippen molar-refractivity contribution in [2.45, 2.75) is 19.4 Å². The minimum atomic E-state index is -3.06. The van der Waals surface area contributed by atoms with Crippen molar-refractivity contribution in [1.29, 1.82) is 0 Å². The number of nitrogens with one attached hydrogen (secondary N) is 1. The van der Waals surface area contributed by atoms with Gasteiger partial charge in [-0.2, -0.15) is 0 Å². The molecule has 2 rings (SSSR count). The van der Waals surface area contributed by atoms with Gasteiger partial charge < -0.3 is 5.32 Å². The summed E-state index contributed by atoms with van der Waals surface area (Å²) in [6, 6.07) is 1.33. The second kappa shape index (κ2) is 4.62. The Morgan fingerprint density at radius 1 is 1.53 bits per heavy atom. The van der Waals surface area contributed by atoms with Crippen LogP contribution in [0.25, 0.3) is 0 Å². The molecule has 1 aromatic heterocycles. The molecule has 0 aliphatic carbocycles. The van der Waals surface area contributed by atoms with E-state index in [9.17, 15) is 8.42 Å². The Hall–Kier alpha value is -1.14. The number of hydrogen-bond donors (Lipinski definition) is 1. The molecule has 1 N–H and O–H groups in total. The molecule has 92 valence electrons. The molecule has 2 heterocycles. The highest BCUT2D eigenvalue weighted by molar-refractivity contribution is 7.94. The number of aryl methyl sites for hydroxylation is 1. The third kappa shape index (κ3) is 3.17.